The van der Waals surface area contributed by atoms with E-state index in [0.717, 1.165) is 0 Å². The lowest BCUT2D eigenvalue weighted by Crippen LogP contribution is -2.23. The zero-order chi connectivity index (χ0) is 26.5. The number of nitrogens with one attached hydrogen (secondary N) is 1. The molecule has 4 rings (SSSR count). The highest BCUT2D eigenvalue weighted by atomic mass is 32.1. The maximum atomic E-state index is 13.0. The second kappa shape index (κ2) is 14.5. The van der Waals surface area contributed by atoms with Gasteiger partial charge in [-0.25, -0.2) is 9.78 Å². The van der Waals surface area contributed by atoms with Crippen LogP contribution < -0.4 is 20.5 Å². The van der Waals surface area contributed by atoms with Gasteiger partial charge >= 0.3 is 5.97 Å². The average molecular weight is 512 g/mol. The molecule has 0 saturated heterocycles. The number of anilines is 1. The average Bonchev–Trinajstić information content (AvgIpc) is 3.07. The fourth-order valence-electron chi connectivity index (χ4n) is 3.18. The number of aromatic nitrogens is 1. The number of nitrogens with zero attached hydrogens (tertiary/aromatic N) is 1. The van der Waals surface area contributed by atoms with Crippen molar-refractivity contribution in [1.82, 2.24) is 10.3 Å². The number of methoxy groups -OCH3 is 1. The molecule has 0 saturated carbocycles. The molecule has 1 amide bonds. The Bertz CT molecular complexity index is 1230. The number of carbonyl (C=O) groups is 2. The van der Waals surface area contributed by atoms with Crippen LogP contribution in [0.3, 0.4) is 0 Å². The summed E-state index contributed by atoms with van der Waals surface area (Å²) in [7, 11) is 1.31. The lowest BCUT2D eigenvalue weighted by atomic mass is 10.2. The van der Waals surface area contributed by atoms with Crippen LogP contribution in [0.15, 0.2) is 66.0 Å². The Morgan fingerprint density at radius 3 is 2.47 bits per heavy atom. The summed E-state index contributed by atoms with van der Waals surface area (Å²) in [5.74, 6) is 0.349. The molecule has 0 radical (unpaired) electrons. The van der Waals surface area contributed by atoms with Gasteiger partial charge in [-0.2, -0.15) is 0 Å². The van der Waals surface area contributed by atoms with Gasteiger partial charge in [-0.3, -0.25) is 4.79 Å². The molecule has 1 aliphatic heterocycles. The number of nitrogen functional groups attached to an aromatic ring is 1. The Kier molecular flexibility index (Phi) is 11.5. The first-order valence-electron chi connectivity index (χ1n) is 11.8. The molecule has 9 heteroatoms. The number of hydrogen-bond acceptors (Lipinski definition) is 8. The summed E-state index contributed by atoms with van der Waals surface area (Å²) in [5.41, 5.74) is 7.54. The smallest absolute Gasteiger partial charge is 0.337 e. The number of carbonyl (C=O) groups excluding carboxylic acids is 2. The Morgan fingerprint density at radius 2 is 1.78 bits per heavy atom. The Hall–Kier alpha value is -3.85. The van der Waals surface area contributed by atoms with Crippen molar-refractivity contribution in [2.45, 2.75) is 34.1 Å². The maximum absolute atomic E-state index is 13.0. The van der Waals surface area contributed by atoms with Gasteiger partial charge in [-0.1, -0.05) is 45.9 Å². The molecular formula is C27H33N3O5S. The van der Waals surface area contributed by atoms with Crippen molar-refractivity contribution in [1.29, 1.82) is 0 Å². The van der Waals surface area contributed by atoms with Crippen molar-refractivity contribution in [3.05, 3.63) is 70.9 Å². The number of ether oxygens (including phenoxy) is 3. The van der Waals surface area contributed by atoms with Crippen molar-refractivity contribution in [2.24, 2.45) is 0 Å². The van der Waals surface area contributed by atoms with Gasteiger partial charge in [0, 0.05) is 29.8 Å². The number of hydrogen-bond donors (Lipinski definition) is 2. The molecule has 2 aromatic heterocycles. The first-order chi connectivity index (χ1) is 17.6. The molecule has 2 aromatic rings. The summed E-state index contributed by atoms with van der Waals surface area (Å²) in [6.45, 7) is 8.95. The number of esters is 1. The molecular weight excluding hydrogens is 478 g/mol. The minimum atomic E-state index is -0.481. The molecule has 0 fully saturated rings. The largest absolute Gasteiger partial charge is 0.486 e. The third-order valence-corrected chi connectivity index (χ3v) is 5.84. The minimum absolute atomic E-state index is 0.327. The Morgan fingerprint density at radius 1 is 1.08 bits per heavy atom. The highest BCUT2D eigenvalue weighted by Crippen LogP contribution is 2.33. The number of thiophene rings is 1. The highest BCUT2D eigenvalue weighted by Gasteiger charge is 2.18. The third-order valence-electron chi connectivity index (χ3n) is 4.71. The van der Waals surface area contributed by atoms with Gasteiger partial charge in [-0.15, -0.1) is 11.3 Å². The number of amides is 1. The fraction of sp³-hybridized carbons (Fsp3) is 0.296. The molecule has 0 bridgehead atoms. The molecule has 3 heterocycles. The van der Waals surface area contributed by atoms with Crippen molar-refractivity contribution >= 4 is 39.1 Å². The van der Waals surface area contributed by atoms with Gasteiger partial charge in [-0.05, 0) is 24.3 Å². The Labute approximate surface area is 215 Å². The zero-order valence-electron chi connectivity index (χ0n) is 21.3. The van der Waals surface area contributed by atoms with Crippen LogP contribution >= 0.6 is 11.3 Å². The van der Waals surface area contributed by atoms with Gasteiger partial charge in [0.1, 0.15) is 22.9 Å². The molecule has 0 spiro atoms. The van der Waals surface area contributed by atoms with E-state index < -0.39 is 5.97 Å². The van der Waals surface area contributed by atoms with Crippen molar-refractivity contribution in [3.63, 3.8) is 0 Å². The van der Waals surface area contributed by atoms with Crippen LogP contribution in [-0.4, -0.2) is 37.2 Å². The van der Waals surface area contributed by atoms with Crippen LogP contribution in [0.25, 0.3) is 10.2 Å². The van der Waals surface area contributed by atoms with Gasteiger partial charge in [0.05, 0.1) is 18.4 Å². The van der Waals surface area contributed by atoms with Gasteiger partial charge in [0.15, 0.2) is 11.5 Å². The highest BCUT2D eigenvalue weighted by molar-refractivity contribution is 7.21. The summed E-state index contributed by atoms with van der Waals surface area (Å²) in [6.07, 6.45) is 8.86. The molecule has 0 atom stereocenters. The standard InChI is InChI=1S/C23H21N3O5S.2C2H6/c1-29-23(28)14-5-2-3-6-15(13-14)26-21(27)20-19(24)16-7-4-8-17-18(31-12-11-30-17)9-10-25-22(16)32-20;2*1-2/h2-5,7-10,13H,6,11-12,24H2,1H3,(H,26,27);2*1-2H3. The summed E-state index contributed by atoms with van der Waals surface area (Å²) in [5, 5.41) is 3.49. The van der Waals surface area contributed by atoms with Gasteiger partial charge in [0.25, 0.3) is 5.91 Å². The summed E-state index contributed by atoms with van der Waals surface area (Å²) < 4.78 is 16.0. The van der Waals surface area contributed by atoms with E-state index in [1.54, 1.807) is 48.7 Å². The van der Waals surface area contributed by atoms with E-state index in [4.69, 9.17) is 19.9 Å². The summed E-state index contributed by atoms with van der Waals surface area (Å²) in [4.78, 5) is 30.3. The van der Waals surface area contributed by atoms with Crippen LogP contribution in [-0.2, 0) is 9.53 Å². The van der Waals surface area contributed by atoms with Crippen molar-refractivity contribution < 1.29 is 23.8 Å². The summed E-state index contributed by atoms with van der Waals surface area (Å²) >= 11 is 1.18. The van der Waals surface area contributed by atoms with E-state index in [9.17, 15) is 9.59 Å². The minimum Gasteiger partial charge on any atom is -0.486 e. The van der Waals surface area contributed by atoms with E-state index in [1.165, 1.54) is 18.4 Å². The quantitative estimate of drug-likeness (QED) is 0.523. The van der Waals surface area contributed by atoms with E-state index in [0.29, 0.717) is 63.2 Å². The lowest BCUT2D eigenvalue weighted by Gasteiger charge is -2.16. The molecule has 2 aliphatic rings. The predicted molar refractivity (Wildman–Crippen MR) is 145 cm³/mol. The van der Waals surface area contributed by atoms with E-state index in [2.05, 4.69) is 10.3 Å². The predicted octanol–water partition coefficient (Wildman–Crippen LogP) is 5.50. The molecule has 8 nitrogen and oxygen atoms in total. The second-order valence-corrected chi connectivity index (χ2v) is 7.83. The normalized spacial score (nSPS) is 13.2. The fourth-order valence-corrected chi connectivity index (χ4v) is 4.13. The van der Waals surface area contributed by atoms with Crippen LogP contribution in [0, 0.1) is 0 Å². The van der Waals surface area contributed by atoms with Gasteiger partial charge in [0.2, 0.25) is 0 Å². The topological polar surface area (TPSA) is 113 Å². The number of rotatable bonds is 3. The number of fused-ring (bicyclic) bond motifs is 2. The van der Waals surface area contributed by atoms with Crippen molar-refractivity contribution in [3.8, 4) is 11.5 Å². The summed E-state index contributed by atoms with van der Waals surface area (Å²) in [6, 6.07) is 7.07. The first kappa shape index (κ1) is 28.4. The second-order valence-electron chi connectivity index (χ2n) is 6.83. The lowest BCUT2D eigenvalue weighted by molar-refractivity contribution is -0.135. The van der Waals surface area contributed by atoms with E-state index in [-0.39, 0.29) is 5.91 Å². The molecule has 0 aromatic carbocycles. The molecule has 3 N–H and O–H groups in total. The van der Waals surface area contributed by atoms with Crippen LogP contribution in [0.2, 0.25) is 0 Å². The van der Waals surface area contributed by atoms with Crippen LogP contribution in [0.1, 0.15) is 43.8 Å². The SMILES string of the molecule is CC.CC.COC(=O)C1=CC=CCC(NC(=O)c2sc3nccc4c(cccc3c2N)OCCO4)=C1. The molecule has 36 heavy (non-hydrogen) atoms. The number of allylic oxidation sites excluding steroid dienone is 3. The van der Waals surface area contributed by atoms with Crippen LogP contribution in [0.5, 0.6) is 11.5 Å². The maximum Gasteiger partial charge on any atom is 0.337 e. The molecule has 192 valence electrons. The van der Waals surface area contributed by atoms with Crippen LogP contribution in [0.4, 0.5) is 5.69 Å². The third kappa shape index (κ3) is 7.08. The van der Waals surface area contributed by atoms with E-state index >= 15 is 0 Å². The van der Waals surface area contributed by atoms with Gasteiger partial charge < -0.3 is 25.3 Å². The number of nitrogens with two attached hydrogens (primary N) is 1. The molecule has 0 unspecified atom stereocenters. The zero-order valence-corrected chi connectivity index (χ0v) is 22.1. The monoisotopic (exact) mass is 511 g/mol. The molecule has 1 aliphatic carbocycles. The van der Waals surface area contributed by atoms with E-state index in [1.807, 2.05) is 33.8 Å². The van der Waals surface area contributed by atoms with Crippen molar-refractivity contribution in [2.75, 3.05) is 26.1 Å². The first-order valence-corrected chi connectivity index (χ1v) is 12.7. The Balaban J connectivity index is 0.00000109.